The summed E-state index contributed by atoms with van der Waals surface area (Å²) < 4.78 is 1.81. The third-order valence-electron chi connectivity index (χ3n) is 4.52. The number of hydrogen-bond donors (Lipinski definition) is 0. The Labute approximate surface area is 140 Å². The number of rotatable bonds is 0. The Morgan fingerprint density at radius 3 is 2.83 bits per heavy atom. The van der Waals surface area contributed by atoms with Crippen molar-refractivity contribution >= 4 is 10.9 Å². The van der Waals surface area contributed by atoms with E-state index in [2.05, 4.69) is 30.7 Å². The molecule has 0 radical (unpaired) electrons. The SMILES string of the molecule is CC1(C)CCn2c1nc1cc(C#Cc3ccccn3)ccc1c2=O. The molecule has 0 spiro atoms. The van der Waals surface area contributed by atoms with Crippen molar-refractivity contribution in [3.05, 3.63) is 70.0 Å². The zero-order valence-electron chi connectivity index (χ0n) is 13.7. The second-order valence-corrected chi connectivity index (χ2v) is 6.72. The van der Waals surface area contributed by atoms with Gasteiger partial charge in [-0.2, -0.15) is 0 Å². The lowest BCUT2D eigenvalue weighted by Crippen LogP contribution is -2.24. The van der Waals surface area contributed by atoms with E-state index >= 15 is 0 Å². The molecule has 0 saturated heterocycles. The first-order valence-corrected chi connectivity index (χ1v) is 8.03. The molecule has 0 atom stereocenters. The monoisotopic (exact) mass is 315 g/mol. The topological polar surface area (TPSA) is 47.8 Å². The van der Waals surface area contributed by atoms with Gasteiger partial charge in [0.25, 0.3) is 5.56 Å². The molecule has 4 nitrogen and oxygen atoms in total. The van der Waals surface area contributed by atoms with E-state index in [4.69, 9.17) is 4.98 Å². The van der Waals surface area contributed by atoms with Crippen LogP contribution in [0.3, 0.4) is 0 Å². The Kier molecular flexibility index (Phi) is 3.24. The number of hydrogen-bond acceptors (Lipinski definition) is 3. The molecular weight excluding hydrogens is 298 g/mol. The molecule has 0 aliphatic carbocycles. The lowest BCUT2D eigenvalue weighted by atomic mass is 9.91. The molecule has 3 heterocycles. The summed E-state index contributed by atoms with van der Waals surface area (Å²) in [5.74, 6) is 7.01. The molecule has 1 aliphatic rings. The summed E-state index contributed by atoms with van der Waals surface area (Å²) in [6.07, 6.45) is 2.66. The third-order valence-corrected chi connectivity index (χ3v) is 4.52. The van der Waals surface area contributed by atoms with E-state index < -0.39 is 0 Å². The van der Waals surface area contributed by atoms with E-state index in [0.29, 0.717) is 10.9 Å². The predicted molar refractivity (Wildman–Crippen MR) is 93.9 cm³/mol. The predicted octanol–water partition coefficient (Wildman–Crippen LogP) is 2.87. The van der Waals surface area contributed by atoms with Crippen molar-refractivity contribution in [2.75, 3.05) is 0 Å². The highest BCUT2D eigenvalue weighted by molar-refractivity contribution is 5.79. The molecule has 0 amide bonds. The molecule has 0 fully saturated rings. The normalized spacial score (nSPS) is 14.9. The summed E-state index contributed by atoms with van der Waals surface area (Å²) in [5, 5.41) is 0.653. The highest BCUT2D eigenvalue weighted by atomic mass is 16.1. The van der Waals surface area contributed by atoms with Crippen molar-refractivity contribution in [1.29, 1.82) is 0 Å². The highest BCUT2D eigenvalue weighted by Crippen LogP contribution is 2.32. The summed E-state index contributed by atoms with van der Waals surface area (Å²) in [6, 6.07) is 11.2. The van der Waals surface area contributed by atoms with Crippen molar-refractivity contribution in [2.24, 2.45) is 0 Å². The van der Waals surface area contributed by atoms with Crippen molar-refractivity contribution in [3.63, 3.8) is 0 Å². The van der Waals surface area contributed by atoms with E-state index in [-0.39, 0.29) is 11.0 Å². The summed E-state index contributed by atoms with van der Waals surface area (Å²) in [6.45, 7) is 5.01. The van der Waals surface area contributed by atoms with Crippen LogP contribution in [-0.2, 0) is 12.0 Å². The van der Waals surface area contributed by atoms with Crippen molar-refractivity contribution < 1.29 is 0 Å². The quantitative estimate of drug-likeness (QED) is 0.599. The van der Waals surface area contributed by atoms with Crippen LogP contribution in [0.4, 0.5) is 0 Å². The number of aromatic nitrogens is 3. The molecule has 1 aromatic carbocycles. The van der Waals surface area contributed by atoms with Crippen molar-refractivity contribution in [1.82, 2.24) is 14.5 Å². The average molecular weight is 315 g/mol. The van der Waals surface area contributed by atoms with E-state index in [1.54, 1.807) is 6.20 Å². The minimum atomic E-state index is -0.0665. The Morgan fingerprint density at radius 2 is 2.04 bits per heavy atom. The van der Waals surface area contributed by atoms with Gasteiger partial charge in [-0.15, -0.1) is 0 Å². The number of nitrogens with zero attached hydrogens (tertiary/aromatic N) is 3. The van der Waals surface area contributed by atoms with Crippen LogP contribution >= 0.6 is 0 Å². The van der Waals surface area contributed by atoms with Crippen LogP contribution in [0.1, 0.15) is 37.4 Å². The van der Waals surface area contributed by atoms with Crippen LogP contribution in [0.2, 0.25) is 0 Å². The molecular formula is C20H17N3O. The van der Waals surface area contributed by atoms with Gasteiger partial charge in [-0.3, -0.25) is 9.36 Å². The van der Waals surface area contributed by atoms with Crippen molar-refractivity contribution in [2.45, 2.75) is 32.2 Å². The standard InChI is InChI=1S/C20H17N3O/c1-20(2)10-12-23-18(24)16-9-7-14(13-17(16)22-19(20)23)6-8-15-5-3-4-11-21-15/h3-5,7,9,11,13H,10,12H2,1-2H3. The second kappa shape index (κ2) is 5.31. The van der Waals surface area contributed by atoms with Crippen LogP contribution in [0.25, 0.3) is 10.9 Å². The van der Waals surface area contributed by atoms with Crippen LogP contribution < -0.4 is 5.56 Å². The van der Waals surface area contributed by atoms with Gasteiger partial charge >= 0.3 is 0 Å². The summed E-state index contributed by atoms with van der Waals surface area (Å²) in [7, 11) is 0. The Hall–Kier alpha value is -2.93. The van der Waals surface area contributed by atoms with Gasteiger partial charge in [0.1, 0.15) is 11.5 Å². The number of pyridine rings is 1. The first-order valence-electron chi connectivity index (χ1n) is 8.03. The van der Waals surface area contributed by atoms with Gasteiger partial charge in [0.05, 0.1) is 10.9 Å². The van der Waals surface area contributed by atoms with E-state index in [1.807, 2.05) is 41.0 Å². The van der Waals surface area contributed by atoms with Crippen LogP contribution in [0.15, 0.2) is 47.4 Å². The van der Waals surface area contributed by atoms with E-state index in [9.17, 15) is 4.79 Å². The molecule has 0 saturated carbocycles. The Bertz CT molecular complexity index is 1050. The van der Waals surface area contributed by atoms with Crippen LogP contribution in [0.5, 0.6) is 0 Å². The van der Waals surface area contributed by atoms with Crippen LogP contribution in [-0.4, -0.2) is 14.5 Å². The first-order chi connectivity index (χ1) is 11.5. The summed E-state index contributed by atoms with van der Waals surface area (Å²) in [5.41, 5.74) is 2.25. The van der Waals surface area contributed by atoms with E-state index in [1.165, 1.54) is 0 Å². The fourth-order valence-corrected chi connectivity index (χ4v) is 3.10. The van der Waals surface area contributed by atoms with Gasteiger partial charge in [-0.1, -0.05) is 25.8 Å². The molecule has 0 N–H and O–H groups in total. The van der Waals surface area contributed by atoms with Gasteiger partial charge in [0.15, 0.2) is 0 Å². The minimum absolute atomic E-state index is 0.0461. The Morgan fingerprint density at radius 1 is 1.17 bits per heavy atom. The molecule has 1 aliphatic heterocycles. The van der Waals surface area contributed by atoms with Crippen molar-refractivity contribution in [3.8, 4) is 11.8 Å². The number of benzene rings is 1. The molecule has 4 heteroatoms. The first kappa shape index (κ1) is 14.6. The zero-order chi connectivity index (χ0) is 16.7. The molecule has 118 valence electrons. The summed E-state index contributed by atoms with van der Waals surface area (Å²) >= 11 is 0. The van der Waals surface area contributed by atoms with Gasteiger partial charge in [-0.05, 0) is 42.7 Å². The average Bonchev–Trinajstić information content (AvgIpc) is 2.89. The Balaban J connectivity index is 1.84. The van der Waals surface area contributed by atoms with E-state index in [0.717, 1.165) is 30.0 Å². The molecule has 24 heavy (non-hydrogen) atoms. The van der Waals surface area contributed by atoms with Gasteiger partial charge in [0, 0.05) is 23.7 Å². The highest BCUT2D eigenvalue weighted by Gasteiger charge is 2.32. The molecule has 4 rings (SSSR count). The smallest absolute Gasteiger partial charge is 0.261 e. The fraction of sp³-hybridized carbons (Fsp3) is 0.250. The minimum Gasteiger partial charge on any atom is -0.296 e. The third kappa shape index (κ3) is 2.39. The second-order valence-electron chi connectivity index (χ2n) is 6.72. The van der Waals surface area contributed by atoms with Gasteiger partial charge in [-0.25, -0.2) is 9.97 Å². The van der Waals surface area contributed by atoms with Gasteiger partial charge < -0.3 is 0 Å². The number of fused-ring (bicyclic) bond motifs is 2. The fourth-order valence-electron chi connectivity index (χ4n) is 3.10. The lowest BCUT2D eigenvalue weighted by Gasteiger charge is -2.16. The maximum atomic E-state index is 12.7. The molecule has 0 unspecified atom stereocenters. The van der Waals surface area contributed by atoms with Crippen LogP contribution in [0, 0.1) is 11.8 Å². The molecule has 3 aromatic rings. The lowest BCUT2D eigenvalue weighted by molar-refractivity contribution is 0.510. The largest absolute Gasteiger partial charge is 0.296 e. The maximum Gasteiger partial charge on any atom is 0.261 e. The molecule has 0 bridgehead atoms. The zero-order valence-corrected chi connectivity index (χ0v) is 13.7. The summed E-state index contributed by atoms with van der Waals surface area (Å²) in [4.78, 5) is 21.6. The van der Waals surface area contributed by atoms with Gasteiger partial charge in [0.2, 0.25) is 0 Å². The maximum absolute atomic E-state index is 12.7. The molecule has 2 aromatic heterocycles.